The molecule has 0 atom stereocenters. The van der Waals surface area contributed by atoms with Crippen LogP contribution in [0.4, 0.5) is 4.39 Å². The number of furan rings is 1. The van der Waals surface area contributed by atoms with Gasteiger partial charge in [0, 0.05) is 15.9 Å². The number of nitrogens with zero attached hydrogens (tertiary/aromatic N) is 3. The van der Waals surface area contributed by atoms with Gasteiger partial charge in [-0.2, -0.15) is 0 Å². The molecule has 0 unspecified atom stereocenters. The Bertz CT molecular complexity index is 560. The van der Waals surface area contributed by atoms with Crippen LogP contribution in [-0.4, -0.2) is 0 Å². The van der Waals surface area contributed by atoms with E-state index in [4.69, 9.17) is 9.95 Å². The first kappa shape index (κ1) is 10.0. The highest BCUT2D eigenvalue weighted by Crippen LogP contribution is 2.30. The quantitative estimate of drug-likeness (QED) is 0.459. The van der Waals surface area contributed by atoms with Gasteiger partial charge in [0.25, 0.3) is 0 Å². The Morgan fingerprint density at radius 1 is 1.60 bits per heavy atom. The first-order valence-corrected chi connectivity index (χ1v) is 4.88. The van der Waals surface area contributed by atoms with E-state index in [1.54, 1.807) is 6.07 Å². The summed E-state index contributed by atoms with van der Waals surface area (Å²) in [6, 6.07) is 2.94. The molecule has 0 amide bonds. The molecule has 1 aromatic heterocycles. The van der Waals surface area contributed by atoms with Crippen molar-refractivity contribution in [3.8, 4) is 0 Å². The highest BCUT2D eigenvalue weighted by atomic mass is 79.9. The molecule has 2 rings (SSSR count). The van der Waals surface area contributed by atoms with Crippen LogP contribution in [0, 0.1) is 5.82 Å². The monoisotopic (exact) mass is 269 g/mol. The summed E-state index contributed by atoms with van der Waals surface area (Å²) in [7, 11) is 0. The summed E-state index contributed by atoms with van der Waals surface area (Å²) < 4.78 is 19.2. The number of azide groups is 1. The molecule has 0 radical (unpaired) electrons. The van der Waals surface area contributed by atoms with Crippen LogP contribution < -0.4 is 0 Å². The fraction of sp³-hybridized carbons (Fsp3) is 0.111. The van der Waals surface area contributed by atoms with Crippen molar-refractivity contribution in [3.63, 3.8) is 0 Å². The lowest BCUT2D eigenvalue weighted by Crippen LogP contribution is -1.89. The molecule has 0 aliphatic heterocycles. The van der Waals surface area contributed by atoms with Crippen LogP contribution in [0.15, 0.2) is 32.4 Å². The Kier molecular flexibility index (Phi) is 2.62. The normalized spacial score (nSPS) is 10.3. The molecule has 1 heterocycles. The molecule has 2 aromatic rings. The molecule has 0 fully saturated rings. The third kappa shape index (κ3) is 1.69. The maximum atomic E-state index is 13.5. The molecule has 6 heteroatoms. The van der Waals surface area contributed by atoms with E-state index >= 15 is 0 Å². The lowest BCUT2D eigenvalue weighted by molar-refractivity contribution is 0.600. The van der Waals surface area contributed by atoms with Crippen LogP contribution in [0.5, 0.6) is 0 Å². The number of hydrogen-bond acceptors (Lipinski definition) is 2. The van der Waals surface area contributed by atoms with Gasteiger partial charge in [-0.3, -0.25) is 0 Å². The van der Waals surface area contributed by atoms with E-state index in [0.717, 1.165) is 0 Å². The van der Waals surface area contributed by atoms with Gasteiger partial charge in [-0.15, -0.1) is 0 Å². The van der Waals surface area contributed by atoms with E-state index < -0.39 is 5.82 Å². The van der Waals surface area contributed by atoms with Crippen LogP contribution in [0.2, 0.25) is 0 Å². The summed E-state index contributed by atoms with van der Waals surface area (Å²) in [5.74, 6) is -0.414. The minimum Gasteiger partial charge on any atom is -0.463 e. The van der Waals surface area contributed by atoms with E-state index in [0.29, 0.717) is 21.0 Å². The molecular formula is C9H5BrFN3O. The predicted molar refractivity (Wildman–Crippen MR) is 56.7 cm³/mol. The van der Waals surface area contributed by atoms with Crippen LogP contribution >= 0.6 is 15.9 Å². The Balaban J connectivity index is 2.70. The zero-order valence-electron chi connectivity index (χ0n) is 7.44. The van der Waals surface area contributed by atoms with Crippen molar-refractivity contribution in [2.45, 2.75) is 6.54 Å². The van der Waals surface area contributed by atoms with Crippen LogP contribution in [-0.2, 0) is 6.54 Å². The molecule has 76 valence electrons. The molecule has 4 nitrogen and oxygen atoms in total. The minimum atomic E-state index is -0.414. The second-order valence-electron chi connectivity index (χ2n) is 2.87. The van der Waals surface area contributed by atoms with Gasteiger partial charge in [0.1, 0.15) is 11.4 Å². The maximum Gasteiger partial charge on any atom is 0.148 e. The molecule has 0 bridgehead atoms. The summed E-state index contributed by atoms with van der Waals surface area (Å²) in [6.45, 7) is -0.0222. The second kappa shape index (κ2) is 3.92. The molecule has 0 N–H and O–H groups in total. The van der Waals surface area contributed by atoms with E-state index in [1.165, 1.54) is 12.3 Å². The SMILES string of the molecule is [N-]=[N+]=NCc1c(F)cc(Br)c2occc12. The molecule has 0 spiro atoms. The van der Waals surface area contributed by atoms with Gasteiger partial charge >= 0.3 is 0 Å². The Labute approximate surface area is 92.4 Å². The Hall–Kier alpha value is -1.52. The van der Waals surface area contributed by atoms with Crippen molar-refractivity contribution < 1.29 is 8.81 Å². The van der Waals surface area contributed by atoms with Gasteiger partial charge in [0.05, 0.1) is 17.3 Å². The molecule has 15 heavy (non-hydrogen) atoms. The number of hydrogen-bond donors (Lipinski definition) is 0. The first-order valence-electron chi connectivity index (χ1n) is 4.09. The van der Waals surface area contributed by atoms with E-state index in [2.05, 4.69) is 26.0 Å². The molecule has 0 saturated heterocycles. The number of benzene rings is 1. The van der Waals surface area contributed by atoms with Gasteiger partial charge in [-0.05, 0) is 33.6 Å². The molecule has 0 saturated carbocycles. The average molecular weight is 270 g/mol. The van der Waals surface area contributed by atoms with Crippen LogP contribution in [0.25, 0.3) is 21.4 Å². The summed E-state index contributed by atoms with van der Waals surface area (Å²) in [6.07, 6.45) is 1.47. The van der Waals surface area contributed by atoms with Crippen molar-refractivity contribution in [1.29, 1.82) is 0 Å². The largest absolute Gasteiger partial charge is 0.463 e. The fourth-order valence-corrected chi connectivity index (χ4v) is 1.90. The van der Waals surface area contributed by atoms with E-state index in [1.807, 2.05) is 0 Å². The molecule has 0 aliphatic carbocycles. The first-order chi connectivity index (χ1) is 7.24. The highest BCUT2D eigenvalue weighted by molar-refractivity contribution is 9.10. The Morgan fingerprint density at radius 2 is 2.40 bits per heavy atom. The highest BCUT2D eigenvalue weighted by Gasteiger charge is 2.12. The van der Waals surface area contributed by atoms with E-state index in [-0.39, 0.29) is 6.54 Å². The predicted octanol–water partition coefficient (Wildman–Crippen LogP) is 4.14. The molecular weight excluding hydrogens is 265 g/mol. The number of fused-ring (bicyclic) bond motifs is 1. The Morgan fingerprint density at radius 3 is 3.13 bits per heavy atom. The minimum absolute atomic E-state index is 0.0222. The zero-order chi connectivity index (χ0) is 10.8. The second-order valence-corrected chi connectivity index (χ2v) is 3.73. The van der Waals surface area contributed by atoms with Crippen molar-refractivity contribution in [2.24, 2.45) is 5.11 Å². The van der Waals surface area contributed by atoms with Crippen LogP contribution in [0.1, 0.15) is 5.56 Å². The van der Waals surface area contributed by atoms with Gasteiger partial charge in [-0.1, -0.05) is 5.11 Å². The van der Waals surface area contributed by atoms with Crippen molar-refractivity contribution in [2.75, 3.05) is 0 Å². The summed E-state index contributed by atoms with van der Waals surface area (Å²) >= 11 is 3.19. The summed E-state index contributed by atoms with van der Waals surface area (Å²) in [4.78, 5) is 2.60. The average Bonchev–Trinajstić information content (AvgIpc) is 2.66. The zero-order valence-corrected chi connectivity index (χ0v) is 9.03. The number of halogens is 2. The van der Waals surface area contributed by atoms with E-state index in [9.17, 15) is 4.39 Å². The lowest BCUT2D eigenvalue weighted by atomic mass is 10.1. The fourth-order valence-electron chi connectivity index (χ4n) is 1.39. The van der Waals surface area contributed by atoms with Gasteiger partial charge in [0.2, 0.25) is 0 Å². The number of rotatable bonds is 2. The topological polar surface area (TPSA) is 61.9 Å². The summed E-state index contributed by atoms with van der Waals surface area (Å²) in [5.41, 5.74) is 9.10. The van der Waals surface area contributed by atoms with Crippen molar-refractivity contribution >= 4 is 26.9 Å². The van der Waals surface area contributed by atoms with Crippen LogP contribution in [0.3, 0.4) is 0 Å². The van der Waals surface area contributed by atoms with Gasteiger partial charge < -0.3 is 4.42 Å². The maximum absolute atomic E-state index is 13.5. The standard InChI is InChI=1S/C9H5BrFN3O/c10-7-3-8(11)6(4-13-14-12)5-1-2-15-9(5)7/h1-3H,4H2. The molecule has 0 aliphatic rings. The van der Waals surface area contributed by atoms with Crippen molar-refractivity contribution in [1.82, 2.24) is 0 Å². The third-order valence-electron chi connectivity index (χ3n) is 2.04. The van der Waals surface area contributed by atoms with Crippen molar-refractivity contribution in [3.05, 3.63) is 44.7 Å². The van der Waals surface area contributed by atoms with Gasteiger partial charge in [0.15, 0.2) is 0 Å². The smallest absolute Gasteiger partial charge is 0.148 e. The summed E-state index contributed by atoms with van der Waals surface area (Å²) in [5, 5.41) is 3.97. The lowest BCUT2D eigenvalue weighted by Gasteiger charge is -2.02. The molecule has 1 aromatic carbocycles. The third-order valence-corrected chi connectivity index (χ3v) is 2.63. The van der Waals surface area contributed by atoms with Gasteiger partial charge in [-0.25, -0.2) is 4.39 Å².